The van der Waals surface area contributed by atoms with Gasteiger partial charge >= 0.3 is 0 Å². The van der Waals surface area contributed by atoms with Crippen LogP contribution in [0.2, 0.25) is 0 Å². The van der Waals surface area contributed by atoms with Crippen LogP contribution < -0.4 is 10.6 Å². The van der Waals surface area contributed by atoms with Crippen molar-refractivity contribution in [2.45, 2.75) is 6.54 Å². The van der Waals surface area contributed by atoms with Crippen molar-refractivity contribution in [2.24, 2.45) is 5.73 Å². The van der Waals surface area contributed by atoms with E-state index in [1.54, 1.807) is 0 Å². The molecule has 1 rings (SSSR count). The van der Waals surface area contributed by atoms with E-state index in [0.29, 0.717) is 19.6 Å². The molecule has 0 unspecified atom stereocenters. The lowest BCUT2D eigenvalue weighted by Gasteiger charge is -2.21. The van der Waals surface area contributed by atoms with Gasteiger partial charge in [0.15, 0.2) is 0 Å². The topological polar surface area (TPSA) is 82.6 Å². The molecule has 15 heavy (non-hydrogen) atoms. The van der Waals surface area contributed by atoms with Crippen LogP contribution in [-0.2, 0) is 6.54 Å². The summed E-state index contributed by atoms with van der Waals surface area (Å²) in [7, 11) is 0. The number of nitrogens with two attached hydrogens (primary N) is 1. The van der Waals surface area contributed by atoms with Crippen LogP contribution in [0.15, 0.2) is 18.2 Å². The van der Waals surface area contributed by atoms with Gasteiger partial charge in [-0.2, -0.15) is 0 Å². The Balaban J connectivity index is 2.79. The maximum atomic E-state index is 8.88. The van der Waals surface area contributed by atoms with Crippen molar-refractivity contribution in [2.75, 3.05) is 31.2 Å². The lowest BCUT2D eigenvalue weighted by Crippen LogP contribution is -2.30. The summed E-state index contributed by atoms with van der Waals surface area (Å²) in [5.74, 6) is 0.737. The van der Waals surface area contributed by atoms with Crippen LogP contribution in [-0.4, -0.2) is 41.5 Å². The van der Waals surface area contributed by atoms with Crippen molar-refractivity contribution in [1.82, 2.24) is 4.98 Å². The number of hydrogen-bond acceptors (Lipinski definition) is 5. The molecule has 0 bridgehead atoms. The van der Waals surface area contributed by atoms with Gasteiger partial charge in [-0.3, -0.25) is 0 Å². The zero-order chi connectivity index (χ0) is 11.1. The number of aliphatic hydroxyl groups is 2. The van der Waals surface area contributed by atoms with Gasteiger partial charge in [0, 0.05) is 19.6 Å². The van der Waals surface area contributed by atoms with E-state index in [1.165, 1.54) is 0 Å². The summed E-state index contributed by atoms with van der Waals surface area (Å²) in [5.41, 5.74) is 6.29. The van der Waals surface area contributed by atoms with Gasteiger partial charge < -0.3 is 20.8 Å². The minimum atomic E-state index is 0.0362. The highest BCUT2D eigenvalue weighted by molar-refractivity contribution is 5.39. The zero-order valence-electron chi connectivity index (χ0n) is 8.63. The summed E-state index contributed by atoms with van der Waals surface area (Å²) in [4.78, 5) is 6.13. The van der Waals surface area contributed by atoms with E-state index < -0.39 is 0 Å². The van der Waals surface area contributed by atoms with Crippen molar-refractivity contribution in [3.8, 4) is 0 Å². The van der Waals surface area contributed by atoms with Crippen molar-refractivity contribution in [3.05, 3.63) is 23.9 Å². The molecular formula is C10H17N3O2. The number of nitrogens with zero attached hydrogens (tertiary/aromatic N) is 2. The lowest BCUT2D eigenvalue weighted by molar-refractivity contribution is 0.280. The van der Waals surface area contributed by atoms with Crippen LogP contribution in [0.25, 0.3) is 0 Å². The summed E-state index contributed by atoms with van der Waals surface area (Å²) >= 11 is 0. The first-order valence-corrected chi connectivity index (χ1v) is 4.94. The van der Waals surface area contributed by atoms with E-state index >= 15 is 0 Å². The van der Waals surface area contributed by atoms with Crippen LogP contribution in [0.5, 0.6) is 0 Å². The van der Waals surface area contributed by atoms with E-state index in [-0.39, 0.29) is 13.2 Å². The number of rotatable bonds is 6. The number of hydrogen-bond donors (Lipinski definition) is 3. The minimum Gasteiger partial charge on any atom is -0.395 e. The summed E-state index contributed by atoms with van der Waals surface area (Å²) in [6, 6.07) is 5.55. The second-order valence-corrected chi connectivity index (χ2v) is 3.13. The normalized spacial score (nSPS) is 10.3. The molecular weight excluding hydrogens is 194 g/mol. The average Bonchev–Trinajstić information content (AvgIpc) is 2.29. The Bertz CT molecular complexity index is 288. The third-order valence-electron chi connectivity index (χ3n) is 2.07. The monoisotopic (exact) mass is 211 g/mol. The number of aromatic nitrogens is 1. The van der Waals surface area contributed by atoms with Gasteiger partial charge in [0.25, 0.3) is 0 Å². The molecule has 0 saturated heterocycles. The molecule has 84 valence electrons. The molecule has 0 amide bonds. The quantitative estimate of drug-likeness (QED) is 0.581. The lowest BCUT2D eigenvalue weighted by atomic mass is 10.3. The molecule has 0 aromatic carbocycles. The molecule has 1 heterocycles. The van der Waals surface area contributed by atoms with Gasteiger partial charge in [0.1, 0.15) is 5.82 Å². The molecule has 1 aromatic rings. The van der Waals surface area contributed by atoms with Crippen LogP contribution in [0.1, 0.15) is 5.69 Å². The van der Waals surface area contributed by atoms with Crippen molar-refractivity contribution in [1.29, 1.82) is 0 Å². The molecule has 5 nitrogen and oxygen atoms in total. The largest absolute Gasteiger partial charge is 0.395 e. The predicted molar refractivity (Wildman–Crippen MR) is 58.5 cm³/mol. The van der Waals surface area contributed by atoms with Crippen LogP contribution in [0, 0.1) is 0 Å². The second kappa shape index (κ2) is 6.34. The highest BCUT2D eigenvalue weighted by Gasteiger charge is 2.06. The van der Waals surface area contributed by atoms with Crippen LogP contribution >= 0.6 is 0 Å². The van der Waals surface area contributed by atoms with Gasteiger partial charge in [-0.05, 0) is 12.1 Å². The van der Waals surface area contributed by atoms with Crippen molar-refractivity contribution < 1.29 is 10.2 Å². The minimum absolute atomic E-state index is 0.0362. The highest BCUT2D eigenvalue weighted by atomic mass is 16.3. The molecule has 4 N–H and O–H groups in total. The molecule has 0 spiro atoms. The third kappa shape index (κ3) is 3.47. The summed E-state index contributed by atoms with van der Waals surface area (Å²) in [6.45, 7) is 1.38. The van der Waals surface area contributed by atoms with E-state index in [4.69, 9.17) is 15.9 Å². The van der Waals surface area contributed by atoms with E-state index in [1.807, 2.05) is 23.1 Å². The van der Waals surface area contributed by atoms with Gasteiger partial charge in [-0.25, -0.2) is 4.98 Å². The first-order chi connectivity index (χ1) is 7.31. The highest BCUT2D eigenvalue weighted by Crippen LogP contribution is 2.10. The van der Waals surface area contributed by atoms with Crippen LogP contribution in [0.4, 0.5) is 5.82 Å². The molecule has 0 aliphatic carbocycles. The second-order valence-electron chi connectivity index (χ2n) is 3.13. The smallest absolute Gasteiger partial charge is 0.129 e. The third-order valence-corrected chi connectivity index (χ3v) is 2.07. The van der Waals surface area contributed by atoms with Crippen molar-refractivity contribution >= 4 is 5.82 Å². The Hall–Kier alpha value is -1.17. The molecule has 0 fully saturated rings. The Morgan fingerprint density at radius 2 is 1.87 bits per heavy atom. The molecule has 0 aliphatic rings. The molecule has 0 atom stereocenters. The number of pyridine rings is 1. The number of aliphatic hydroxyl groups excluding tert-OH is 2. The van der Waals surface area contributed by atoms with E-state index in [9.17, 15) is 0 Å². The average molecular weight is 211 g/mol. The molecule has 0 radical (unpaired) electrons. The van der Waals surface area contributed by atoms with Gasteiger partial charge in [-0.15, -0.1) is 0 Å². The summed E-state index contributed by atoms with van der Waals surface area (Å²) < 4.78 is 0. The Kier molecular flexibility index (Phi) is 5.03. The first-order valence-electron chi connectivity index (χ1n) is 4.94. The maximum Gasteiger partial charge on any atom is 0.129 e. The summed E-state index contributed by atoms with van der Waals surface area (Å²) in [5, 5.41) is 17.8. The van der Waals surface area contributed by atoms with Crippen molar-refractivity contribution in [3.63, 3.8) is 0 Å². The SMILES string of the molecule is NCc1cccc(N(CCO)CCO)n1. The fourth-order valence-corrected chi connectivity index (χ4v) is 1.34. The fraction of sp³-hybridized carbons (Fsp3) is 0.500. The Labute approximate surface area is 89.2 Å². The number of anilines is 1. The fourth-order valence-electron chi connectivity index (χ4n) is 1.34. The maximum absolute atomic E-state index is 8.88. The Morgan fingerprint density at radius 1 is 1.20 bits per heavy atom. The van der Waals surface area contributed by atoms with E-state index in [2.05, 4.69) is 4.98 Å². The van der Waals surface area contributed by atoms with Crippen LogP contribution in [0.3, 0.4) is 0 Å². The molecule has 0 saturated carbocycles. The zero-order valence-corrected chi connectivity index (χ0v) is 8.63. The first kappa shape index (κ1) is 11.9. The molecule has 5 heteroatoms. The van der Waals surface area contributed by atoms with Gasteiger partial charge in [-0.1, -0.05) is 6.07 Å². The van der Waals surface area contributed by atoms with Gasteiger partial charge in [0.2, 0.25) is 0 Å². The van der Waals surface area contributed by atoms with Gasteiger partial charge in [0.05, 0.1) is 18.9 Å². The predicted octanol–water partition coefficient (Wildman–Crippen LogP) is -0.669. The van der Waals surface area contributed by atoms with E-state index in [0.717, 1.165) is 11.5 Å². The summed E-state index contributed by atoms with van der Waals surface area (Å²) in [6.07, 6.45) is 0. The molecule has 1 aromatic heterocycles. The Morgan fingerprint density at radius 3 is 2.40 bits per heavy atom. The molecule has 0 aliphatic heterocycles. The standard InChI is InChI=1S/C10H17N3O2/c11-8-9-2-1-3-10(12-9)13(4-6-14)5-7-15/h1-3,14-15H,4-8,11H2.